The van der Waals surface area contributed by atoms with Gasteiger partial charge in [-0.1, -0.05) is 38.1 Å². The molecule has 114 valence electrons. The van der Waals surface area contributed by atoms with Gasteiger partial charge in [0, 0.05) is 6.42 Å². The number of aliphatic carboxylic acids is 1. The molecule has 0 aromatic heterocycles. The Balaban J connectivity index is 1.91. The van der Waals surface area contributed by atoms with E-state index in [4.69, 9.17) is 5.11 Å². The van der Waals surface area contributed by atoms with Crippen molar-refractivity contribution in [3.8, 4) is 0 Å². The molecule has 0 radical (unpaired) electrons. The number of amides is 1. The zero-order valence-electron chi connectivity index (χ0n) is 12.6. The monoisotopic (exact) mass is 289 g/mol. The molecule has 1 aromatic carbocycles. The van der Waals surface area contributed by atoms with Crippen LogP contribution in [0.25, 0.3) is 0 Å². The number of fused-ring (bicyclic) bond motifs is 1. The van der Waals surface area contributed by atoms with Crippen LogP contribution in [-0.2, 0) is 22.4 Å². The lowest BCUT2D eigenvalue weighted by molar-refractivity contribution is -0.143. The highest BCUT2D eigenvalue weighted by molar-refractivity contribution is 5.83. The molecule has 0 saturated carbocycles. The van der Waals surface area contributed by atoms with Gasteiger partial charge in [0.25, 0.3) is 0 Å². The lowest BCUT2D eigenvalue weighted by atomic mass is 9.82. The van der Waals surface area contributed by atoms with Gasteiger partial charge in [0.05, 0.1) is 0 Å². The lowest BCUT2D eigenvalue weighted by Gasteiger charge is -2.25. The molecule has 1 aromatic rings. The van der Waals surface area contributed by atoms with Gasteiger partial charge in [0.2, 0.25) is 5.91 Å². The fraction of sp³-hybridized carbons (Fsp3) is 0.529. The molecule has 1 aliphatic rings. The van der Waals surface area contributed by atoms with Crippen LogP contribution in [0.5, 0.6) is 0 Å². The highest BCUT2D eigenvalue weighted by Gasteiger charge is 2.26. The van der Waals surface area contributed by atoms with Gasteiger partial charge in [-0.25, -0.2) is 4.79 Å². The lowest BCUT2D eigenvalue weighted by Crippen LogP contribution is -2.45. The summed E-state index contributed by atoms with van der Waals surface area (Å²) in [5.41, 5.74) is 2.69. The van der Waals surface area contributed by atoms with E-state index in [-0.39, 0.29) is 11.8 Å². The number of hydrogen-bond acceptors (Lipinski definition) is 2. The molecule has 2 N–H and O–H groups in total. The summed E-state index contributed by atoms with van der Waals surface area (Å²) in [5, 5.41) is 11.8. The predicted octanol–water partition coefficient (Wildman–Crippen LogP) is 2.41. The van der Waals surface area contributed by atoms with Crippen molar-refractivity contribution in [2.45, 2.75) is 45.6 Å². The summed E-state index contributed by atoms with van der Waals surface area (Å²) in [4.78, 5) is 23.2. The Bertz CT molecular complexity index is 525. The third kappa shape index (κ3) is 4.06. The van der Waals surface area contributed by atoms with E-state index in [9.17, 15) is 9.59 Å². The fourth-order valence-corrected chi connectivity index (χ4v) is 2.96. The maximum atomic E-state index is 12.1. The first-order chi connectivity index (χ1) is 9.97. The number of carboxylic acid groups (broad SMARTS) is 1. The Morgan fingerprint density at radius 1 is 1.29 bits per heavy atom. The molecule has 0 aliphatic heterocycles. The first-order valence-corrected chi connectivity index (χ1v) is 7.56. The highest BCUT2D eigenvalue weighted by atomic mass is 16.4. The minimum Gasteiger partial charge on any atom is -0.480 e. The first kappa shape index (κ1) is 15.5. The summed E-state index contributed by atoms with van der Waals surface area (Å²) in [6.07, 6.45) is 3.30. The topological polar surface area (TPSA) is 66.4 Å². The van der Waals surface area contributed by atoms with Crippen LogP contribution in [-0.4, -0.2) is 23.0 Å². The number of carbonyl (C=O) groups excluding carboxylic acids is 1. The summed E-state index contributed by atoms with van der Waals surface area (Å²) >= 11 is 0. The Morgan fingerprint density at radius 2 is 1.95 bits per heavy atom. The van der Waals surface area contributed by atoms with Crippen LogP contribution >= 0.6 is 0 Å². The average Bonchev–Trinajstić information content (AvgIpc) is 2.44. The van der Waals surface area contributed by atoms with Gasteiger partial charge >= 0.3 is 5.97 Å². The van der Waals surface area contributed by atoms with Crippen LogP contribution in [0, 0.1) is 11.8 Å². The summed E-state index contributed by atoms with van der Waals surface area (Å²) in [5.74, 6) is -0.923. The van der Waals surface area contributed by atoms with Crippen molar-refractivity contribution in [3.63, 3.8) is 0 Å². The van der Waals surface area contributed by atoms with E-state index in [1.165, 1.54) is 11.1 Å². The zero-order valence-corrected chi connectivity index (χ0v) is 12.6. The van der Waals surface area contributed by atoms with Crippen molar-refractivity contribution in [1.82, 2.24) is 5.32 Å². The molecule has 0 bridgehead atoms. The predicted molar refractivity (Wildman–Crippen MR) is 81.0 cm³/mol. The number of carbonyl (C=O) groups is 2. The molecule has 4 nitrogen and oxygen atoms in total. The van der Waals surface area contributed by atoms with Crippen LogP contribution in [0.2, 0.25) is 0 Å². The quantitative estimate of drug-likeness (QED) is 0.874. The van der Waals surface area contributed by atoms with E-state index in [1.54, 1.807) is 13.8 Å². The van der Waals surface area contributed by atoms with Crippen molar-refractivity contribution in [1.29, 1.82) is 0 Å². The van der Waals surface area contributed by atoms with Crippen molar-refractivity contribution in [2.24, 2.45) is 11.8 Å². The SMILES string of the molecule is CC(C)C(NC(=O)CC1CCc2ccccc2C1)C(=O)O. The van der Waals surface area contributed by atoms with Crippen molar-refractivity contribution in [2.75, 3.05) is 0 Å². The molecular weight excluding hydrogens is 266 g/mol. The molecule has 4 heteroatoms. The molecule has 21 heavy (non-hydrogen) atoms. The molecule has 1 aliphatic carbocycles. The standard InChI is InChI=1S/C17H23NO3/c1-11(2)16(17(20)21)18-15(19)10-12-7-8-13-5-3-4-6-14(13)9-12/h3-6,11-12,16H,7-10H2,1-2H3,(H,18,19)(H,20,21). The molecule has 0 fully saturated rings. The minimum absolute atomic E-state index is 0.112. The molecule has 0 saturated heterocycles. The second-order valence-corrected chi connectivity index (χ2v) is 6.21. The second kappa shape index (κ2) is 6.74. The largest absolute Gasteiger partial charge is 0.480 e. The van der Waals surface area contributed by atoms with Gasteiger partial charge in [0.1, 0.15) is 6.04 Å². The minimum atomic E-state index is -0.965. The Kier molecular flexibility index (Phi) is 4.99. The first-order valence-electron chi connectivity index (χ1n) is 7.56. The molecule has 2 unspecified atom stereocenters. The van der Waals surface area contributed by atoms with Crippen LogP contribution in [0.15, 0.2) is 24.3 Å². The summed E-state index contributed by atoms with van der Waals surface area (Å²) in [7, 11) is 0. The van der Waals surface area contributed by atoms with E-state index in [2.05, 4.69) is 17.4 Å². The van der Waals surface area contributed by atoms with Crippen molar-refractivity contribution < 1.29 is 14.7 Å². The maximum Gasteiger partial charge on any atom is 0.326 e. The van der Waals surface area contributed by atoms with Crippen LogP contribution in [0.4, 0.5) is 0 Å². The Morgan fingerprint density at radius 3 is 2.57 bits per heavy atom. The molecule has 2 atom stereocenters. The Hall–Kier alpha value is -1.84. The molecule has 1 amide bonds. The zero-order chi connectivity index (χ0) is 15.4. The second-order valence-electron chi connectivity index (χ2n) is 6.21. The number of rotatable bonds is 5. The van der Waals surface area contributed by atoms with Gasteiger partial charge < -0.3 is 10.4 Å². The highest BCUT2D eigenvalue weighted by Crippen LogP contribution is 2.27. The fourth-order valence-electron chi connectivity index (χ4n) is 2.96. The summed E-state index contributed by atoms with van der Waals surface area (Å²) in [6, 6.07) is 7.54. The number of hydrogen-bond donors (Lipinski definition) is 2. The molecular formula is C17H23NO3. The van der Waals surface area contributed by atoms with E-state index in [0.717, 1.165) is 19.3 Å². The van der Waals surface area contributed by atoms with Crippen LogP contribution in [0.3, 0.4) is 0 Å². The number of nitrogens with one attached hydrogen (secondary N) is 1. The van der Waals surface area contributed by atoms with Crippen LogP contribution < -0.4 is 5.32 Å². The van der Waals surface area contributed by atoms with Gasteiger partial charge in [0.15, 0.2) is 0 Å². The van der Waals surface area contributed by atoms with Crippen LogP contribution in [0.1, 0.15) is 37.8 Å². The third-order valence-corrected chi connectivity index (χ3v) is 4.17. The molecule has 0 spiro atoms. The average molecular weight is 289 g/mol. The Labute approximate surface area is 125 Å². The maximum absolute atomic E-state index is 12.1. The number of carboxylic acids is 1. The van der Waals surface area contributed by atoms with Gasteiger partial charge in [-0.05, 0) is 42.2 Å². The number of aryl methyl sites for hydroxylation is 1. The smallest absolute Gasteiger partial charge is 0.326 e. The molecule has 2 rings (SSSR count). The van der Waals surface area contributed by atoms with E-state index in [0.29, 0.717) is 12.3 Å². The van der Waals surface area contributed by atoms with Gasteiger partial charge in [-0.15, -0.1) is 0 Å². The van der Waals surface area contributed by atoms with Gasteiger partial charge in [-0.3, -0.25) is 4.79 Å². The van der Waals surface area contributed by atoms with Gasteiger partial charge in [-0.2, -0.15) is 0 Å². The normalized spacial score (nSPS) is 18.9. The van der Waals surface area contributed by atoms with Crippen molar-refractivity contribution in [3.05, 3.63) is 35.4 Å². The van der Waals surface area contributed by atoms with E-state index >= 15 is 0 Å². The summed E-state index contributed by atoms with van der Waals surface area (Å²) in [6.45, 7) is 3.60. The van der Waals surface area contributed by atoms with E-state index < -0.39 is 12.0 Å². The summed E-state index contributed by atoms with van der Waals surface area (Å²) < 4.78 is 0. The molecule has 0 heterocycles. The van der Waals surface area contributed by atoms with E-state index in [1.807, 2.05) is 12.1 Å². The van der Waals surface area contributed by atoms with Crippen molar-refractivity contribution >= 4 is 11.9 Å². The number of benzene rings is 1. The third-order valence-electron chi connectivity index (χ3n) is 4.17.